The Morgan fingerprint density at radius 2 is 2.06 bits per heavy atom. The van der Waals surface area contributed by atoms with Crippen LogP contribution < -0.4 is 17.2 Å². The van der Waals surface area contributed by atoms with Crippen molar-refractivity contribution < 1.29 is 0 Å². The molecule has 98 valence electrons. The Labute approximate surface area is 105 Å². The minimum absolute atomic E-state index is 0.128. The molecule has 18 heavy (non-hydrogen) atoms. The molecule has 0 aromatic carbocycles. The zero-order chi connectivity index (χ0) is 13.0. The fraction of sp³-hybridized carbons (Fsp3) is 0.545. The molecule has 0 radical (unpaired) electrons. The summed E-state index contributed by atoms with van der Waals surface area (Å²) in [4.78, 5) is 15.4. The predicted octanol–water partition coefficient (Wildman–Crippen LogP) is 0.454. The standard InChI is InChI=1S/C11H19N7/c12-5-3-1-2-4-7(13)10-17-8-9(14)15-6-16-11(8)18-10/h6-7H,1-5,12-13H2,(H3,14,15,16,17,18). The van der Waals surface area contributed by atoms with Gasteiger partial charge >= 0.3 is 0 Å². The number of H-pyrrole nitrogens is 1. The highest BCUT2D eigenvalue weighted by Gasteiger charge is 2.13. The van der Waals surface area contributed by atoms with Gasteiger partial charge in [-0.05, 0) is 19.4 Å². The number of nitrogens with two attached hydrogens (primary N) is 3. The van der Waals surface area contributed by atoms with Gasteiger partial charge in [0, 0.05) is 0 Å². The second-order valence-electron chi connectivity index (χ2n) is 4.32. The van der Waals surface area contributed by atoms with Gasteiger partial charge in [-0.1, -0.05) is 12.8 Å². The molecular weight excluding hydrogens is 230 g/mol. The van der Waals surface area contributed by atoms with Gasteiger partial charge in [0.25, 0.3) is 0 Å². The highest BCUT2D eigenvalue weighted by atomic mass is 15.1. The third-order valence-corrected chi connectivity index (χ3v) is 2.91. The molecule has 0 saturated heterocycles. The smallest absolute Gasteiger partial charge is 0.183 e. The third-order valence-electron chi connectivity index (χ3n) is 2.91. The van der Waals surface area contributed by atoms with E-state index in [9.17, 15) is 0 Å². The van der Waals surface area contributed by atoms with Crippen LogP contribution in [0.1, 0.15) is 37.5 Å². The molecule has 2 rings (SSSR count). The van der Waals surface area contributed by atoms with E-state index in [1.54, 1.807) is 0 Å². The van der Waals surface area contributed by atoms with Crippen LogP contribution in [0.25, 0.3) is 11.2 Å². The summed E-state index contributed by atoms with van der Waals surface area (Å²) in [6, 6.07) is -0.128. The summed E-state index contributed by atoms with van der Waals surface area (Å²) in [5.41, 5.74) is 18.5. The lowest BCUT2D eigenvalue weighted by Crippen LogP contribution is -2.12. The average Bonchev–Trinajstić information content (AvgIpc) is 2.80. The maximum atomic E-state index is 6.08. The zero-order valence-corrected chi connectivity index (χ0v) is 10.3. The normalized spacial score (nSPS) is 13.0. The van der Waals surface area contributed by atoms with Crippen LogP contribution in [0.2, 0.25) is 0 Å². The van der Waals surface area contributed by atoms with Gasteiger partial charge < -0.3 is 22.2 Å². The van der Waals surface area contributed by atoms with Crippen LogP contribution in [0, 0.1) is 0 Å². The van der Waals surface area contributed by atoms with E-state index in [1.807, 2.05) is 0 Å². The van der Waals surface area contributed by atoms with Gasteiger partial charge in [0.2, 0.25) is 0 Å². The molecule has 7 N–H and O–H groups in total. The third kappa shape index (κ3) is 2.74. The molecule has 2 aromatic heterocycles. The molecule has 2 aromatic rings. The van der Waals surface area contributed by atoms with E-state index >= 15 is 0 Å². The van der Waals surface area contributed by atoms with E-state index in [4.69, 9.17) is 17.2 Å². The zero-order valence-electron chi connectivity index (χ0n) is 10.3. The van der Waals surface area contributed by atoms with Gasteiger partial charge in [-0.25, -0.2) is 15.0 Å². The summed E-state index contributed by atoms with van der Waals surface area (Å²) >= 11 is 0. The number of rotatable bonds is 6. The van der Waals surface area contributed by atoms with Crippen molar-refractivity contribution in [1.29, 1.82) is 0 Å². The predicted molar refractivity (Wildman–Crippen MR) is 70.5 cm³/mol. The lowest BCUT2D eigenvalue weighted by molar-refractivity contribution is 0.556. The van der Waals surface area contributed by atoms with Gasteiger partial charge in [0.15, 0.2) is 11.5 Å². The number of nitrogens with one attached hydrogen (secondary N) is 1. The van der Waals surface area contributed by atoms with Crippen molar-refractivity contribution in [2.24, 2.45) is 11.5 Å². The molecule has 1 atom stereocenters. The van der Waals surface area contributed by atoms with Crippen LogP contribution in [0.15, 0.2) is 6.33 Å². The summed E-state index contributed by atoms with van der Waals surface area (Å²) < 4.78 is 0. The number of hydrogen-bond donors (Lipinski definition) is 4. The van der Waals surface area contributed by atoms with E-state index < -0.39 is 0 Å². The van der Waals surface area contributed by atoms with E-state index in [1.165, 1.54) is 6.33 Å². The number of fused-ring (bicyclic) bond motifs is 1. The van der Waals surface area contributed by atoms with Gasteiger partial charge in [-0.15, -0.1) is 0 Å². The second kappa shape index (κ2) is 5.74. The second-order valence-corrected chi connectivity index (χ2v) is 4.32. The molecule has 7 nitrogen and oxygen atoms in total. The van der Waals surface area contributed by atoms with Gasteiger partial charge in [-0.2, -0.15) is 0 Å². The monoisotopic (exact) mass is 249 g/mol. The Morgan fingerprint density at radius 3 is 2.78 bits per heavy atom. The van der Waals surface area contributed by atoms with Gasteiger partial charge in [0.1, 0.15) is 17.7 Å². The van der Waals surface area contributed by atoms with Crippen molar-refractivity contribution in [1.82, 2.24) is 19.9 Å². The van der Waals surface area contributed by atoms with Crippen molar-refractivity contribution in [2.75, 3.05) is 12.3 Å². The number of aromatic amines is 1. The molecule has 0 aliphatic rings. The van der Waals surface area contributed by atoms with Crippen molar-refractivity contribution in [3.63, 3.8) is 0 Å². The number of hydrogen-bond acceptors (Lipinski definition) is 6. The molecule has 0 saturated carbocycles. The molecule has 0 amide bonds. The van der Waals surface area contributed by atoms with Crippen LogP contribution >= 0.6 is 0 Å². The summed E-state index contributed by atoms with van der Waals surface area (Å²) in [5, 5.41) is 0. The van der Waals surface area contributed by atoms with Crippen LogP contribution in [-0.2, 0) is 0 Å². The Kier molecular flexibility index (Phi) is 4.06. The summed E-state index contributed by atoms with van der Waals surface area (Å²) in [7, 11) is 0. The first-order valence-electron chi connectivity index (χ1n) is 6.14. The minimum Gasteiger partial charge on any atom is -0.382 e. The van der Waals surface area contributed by atoms with Crippen molar-refractivity contribution in [3.05, 3.63) is 12.2 Å². The van der Waals surface area contributed by atoms with Crippen LogP contribution in [-0.4, -0.2) is 26.5 Å². The molecule has 0 spiro atoms. The molecule has 2 heterocycles. The maximum Gasteiger partial charge on any atom is 0.183 e. The minimum atomic E-state index is -0.128. The first kappa shape index (κ1) is 12.7. The van der Waals surface area contributed by atoms with Crippen molar-refractivity contribution in [3.8, 4) is 0 Å². The quantitative estimate of drug-likeness (QED) is 0.549. The first-order valence-corrected chi connectivity index (χ1v) is 6.14. The molecule has 0 aliphatic carbocycles. The maximum absolute atomic E-state index is 6.08. The number of aromatic nitrogens is 4. The lowest BCUT2D eigenvalue weighted by Gasteiger charge is -2.07. The van der Waals surface area contributed by atoms with Crippen LogP contribution in [0.3, 0.4) is 0 Å². The van der Waals surface area contributed by atoms with Crippen molar-refractivity contribution in [2.45, 2.75) is 31.7 Å². The molecule has 0 fully saturated rings. The number of nitrogen functional groups attached to an aromatic ring is 1. The Hall–Kier alpha value is -1.73. The van der Waals surface area contributed by atoms with Gasteiger partial charge in [0.05, 0.1) is 6.04 Å². The molecular formula is C11H19N7. The number of nitrogens with zero attached hydrogens (tertiary/aromatic N) is 3. The van der Waals surface area contributed by atoms with E-state index in [-0.39, 0.29) is 6.04 Å². The summed E-state index contributed by atoms with van der Waals surface area (Å²) in [6.07, 6.45) is 5.43. The highest BCUT2D eigenvalue weighted by Crippen LogP contribution is 2.19. The first-order chi connectivity index (χ1) is 8.72. The SMILES string of the molecule is NCCCCCC(N)c1nc2ncnc(N)c2[nH]1. The van der Waals surface area contributed by atoms with Crippen LogP contribution in [0.4, 0.5) is 5.82 Å². The number of unbranched alkanes of at least 4 members (excludes halogenated alkanes) is 2. The average molecular weight is 249 g/mol. The van der Waals surface area contributed by atoms with Crippen LogP contribution in [0.5, 0.6) is 0 Å². The molecule has 7 heteroatoms. The molecule has 1 unspecified atom stereocenters. The Bertz CT molecular complexity index is 507. The fourth-order valence-corrected chi connectivity index (χ4v) is 1.86. The Morgan fingerprint density at radius 1 is 1.22 bits per heavy atom. The largest absolute Gasteiger partial charge is 0.382 e. The molecule has 0 aliphatic heterocycles. The number of imidazole rings is 1. The van der Waals surface area contributed by atoms with Crippen molar-refractivity contribution >= 4 is 17.0 Å². The fourth-order valence-electron chi connectivity index (χ4n) is 1.86. The summed E-state index contributed by atoms with van der Waals surface area (Å²) in [5.74, 6) is 1.11. The van der Waals surface area contributed by atoms with Gasteiger partial charge in [-0.3, -0.25) is 0 Å². The van der Waals surface area contributed by atoms with E-state index in [0.717, 1.165) is 32.2 Å². The highest BCUT2D eigenvalue weighted by molar-refractivity contribution is 5.81. The topological polar surface area (TPSA) is 133 Å². The van der Waals surface area contributed by atoms with E-state index in [0.29, 0.717) is 22.8 Å². The summed E-state index contributed by atoms with van der Waals surface area (Å²) in [6.45, 7) is 0.728. The molecule has 0 bridgehead atoms. The number of anilines is 1. The lowest BCUT2D eigenvalue weighted by atomic mass is 10.1. The Balaban J connectivity index is 2.04. The van der Waals surface area contributed by atoms with E-state index in [2.05, 4.69) is 19.9 Å².